The van der Waals surface area contributed by atoms with Gasteiger partial charge in [0, 0.05) is 0 Å². The minimum absolute atomic E-state index is 0. The lowest BCUT2D eigenvalue weighted by atomic mass is 11.4. The van der Waals surface area contributed by atoms with E-state index in [1.165, 1.54) is 0 Å². The number of rotatable bonds is 0. The standard InChI is InChI=1S/2C2H.BrH.Mg/c2*1-2;;/h2*1H;1H;. The third-order valence-electron chi connectivity index (χ3n) is 0.204. The minimum atomic E-state index is -0.512. The summed E-state index contributed by atoms with van der Waals surface area (Å²) in [7, 11) is 0. The summed E-state index contributed by atoms with van der Waals surface area (Å²) in [4.78, 5) is 0. The fraction of sp³-hybridized carbons (Fsp3) is 0. The van der Waals surface area contributed by atoms with Gasteiger partial charge in [0.25, 0.3) is 0 Å². The van der Waals surface area contributed by atoms with E-state index in [1.807, 2.05) is 0 Å². The Morgan fingerprint density at radius 2 is 1.50 bits per heavy atom. The third kappa shape index (κ3) is 8.84. The van der Waals surface area contributed by atoms with E-state index in [2.05, 4.69) is 8.10 Å². The molecule has 0 saturated heterocycles. The topological polar surface area (TPSA) is 0 Å². The molecule has 0 aliphatic rings. The second kappa shape index (κ2) is 9.03. The minimum Gasteiger partial charge on any atom is -0.253 e. The van der Waals surface area contributed by atoms with Crippen molar-refractivity contribution in [3.63, 3.8) is 0 Å². The maximum Gasteiger partial charge on any atom is 0.577 e. The first-order valence-electron chi connectivity index (χ1n) is 1.28. The predicted molar refractivity (Wildman–Crippen MR) is 33.7 cm³/mol. The van der Waals surface area contributed by atoms with Crippen LogP contribution >= 0.6 is 17.0 Å². The molecule has 0 nitrogen and oxygen atoms in total. The van der Waals surface area contributed by atoms with Crippen LogP contribution in [0.4, 0.5) is 0 Å². The van der Waals surface area contributed by atoms with Crippen molar-refractivity contribution in [1.82, 2.24) is 0 Å². The Bertz CT molecular complexity index is 72.7. The maximum absolute atomic E-state index is 4.81. The molecule has 0 aromatic rings. The fourth-order valence-corrected chi connectivity index (χ4v) is 0.177. The highest BCUT2D eigenvalue weighted by molar-refractivity contribution is 8.93. The van der Waals surface area contributed by atoms with Crippen molar-refractivity contribution in [2.45, 2.75) is 0 Å². The molecule has 0 aliphatic heterocycles. The van der Waals surface area contributed by atoms with Crippen LogP contribution in [-0.4, -0.2) is 20.4 Å². The van der Waals surface area contributed by atoms with E-state index in [4.69, 9.17) is 12.8 Å². The molecule has 6 heavy (non-hydrogen) atoms. The van der Waals surface area contributed by atoms with Crippen molar-refractivity contribution >= 4 is 37.3 Å². The molecule has 0 aliphatic carbocycles. The van der Waals surface area contributed by atoms with E-state index < -0.39 is 20.4 Å². The van der Waals surface area contributed by atoms with Gasteiger partial charge in [0.15, 0.2) is 0 Å². The van der Waals surface area contributed by atoms with E-state index in [1.54, 1.807) is 0 Å². The lowest BCUT2D eigenvalue weighted by Crippen LogP contribution is -1.70. The van der Waals surface area contributed by atoms with Gasteiger partial charge in [-0.2, -0.15) is 12.8 Å². The summed E-state index contributed by atoms with van der Waals surface area (Å²) in [6, 6.07) is 0. The highest BCUT2D eigenvalue weighted by Gasteiger charge is 1.70. The Balaban J connectivity index is 0. The highest BCUT2D eigenvalue weighted by atomic mass is 79.9. The molecule has 0 saturated carbocycles. The molecule has 0 heterocycles. The highest BCUT2D eigenvalue weighted by Crippen LogP contribution is 1.38. The van der Waals surface area contributed by atoms with Gasteiger partial charge in [-0.3, -0.25) is 8.10 Å². The molecule has 0 aromatic heterocycles. The first-order chi connectivity index (χ1) is 2.41. The Kier molecular flexibility index (Phi) is 14.5. The van der Waals surface area contributed by atoms with Gasteiger partial charge in [0.1, 0.15) is 0 Å². The number of hydrogen-bond acceptors (Lipinski definition) is 0. The fourth-order valence-electron chi connectivity index (χ4n) is 0.0589. The van der Waals surface area contributed by atoms with Gasteiger partial charge in [0.2, 0.25) is 0 Å². The van der Waals surface area contributed by atoms with Crippen molar-refractivity contribution in [1.29, 1.82) is 0 Å². The molecule has 0 rings (SSSR count). The molecule has 0 unspecified atom stereocenters. The monoisotopic (exact) mass is 154 g/mol. The summed E-state index contributed by atoms with van der Waals surface area (Å²) in [5, 5.41) is 0. The summed E-state index contributed by atoms with van der Waals surface area (Å²) >= 11 is -0.512. The summed E-state index contributed by atoms with van der Waals surface area (Å²) in [5.74, 6) is 0. The van der Waals surface area contributed by atoms with Gasteiger partial charge in [-0.25, -0.2) is 0 Å². The molecular weight excluding hydrogens is 152 g/mol. The van der Waals surface area contributed by atoms with Crippen molar-refractivity contribution in [2.24, 2.45) is 0 Å². The summed E-state index contributed by atoms with van der Waals surface area (Å²) in [6.45, 7) is 0. The normalized spacial score (nSPS) is 2.33. The molecule has 0 spiro atoms. The molecule has 0 bridgehead atoms. The van der Waals surface area contributed by atoms with E-state index in [-0.39, 0.29) is 17.0 Å². The summed E-state index contributed by atoms with van der Waals surface area (Å²) in [5.41, 5.74) is 0. The molecule has 0 radical (unpaired) electrons. The van der Waals surface area contributed by atoms with Crippen LogP contribution < -0.4 is 0 Å². The molecule has 0 fully saturated rings. The number of halogens is 1. The second-order valence-corrected chi connectivity index (χ2v) is 1.76. The molecule has 2 heteroatoms. The molecule has 0 N–H and O–H groups in total. The molecule has 0 atom stereocenters. The zero-order valence-corrected chi connectivity index (χ0v) is 6.40. The van der Waals surface area contributed by atoms with E-state index in [9.17, 15) is 0 Å². The van der Waals surface area contributed by atoms with Crippen LogP contribution in [0.5, 0.6) is 0 Å². The van der Waals surface area contributed by atoms with Crippen LogP contribution in [0.15, 0.2) is 0 Å². The van der Waals surface area contributed by atoms with Gasteiger partial charge in [-0.1, -0.05) is 0 Å². The van der Waals surface area contributed by atoms with Crippen molar-refractivity contribution in [3.8, 4) is 20.9 Å². The Morgan fingerprint density at radius 1 is 1.17 bits per heavy atom. The number of hydrogen-bond donors (Lipinski definition) is 0. The summed E-state index contributed by atoms with van der Waals surface area (Å²) in [6.07, 6.45) is 9.62. The Hall–Kier alpha value is 0.366. The SMILES string of the molecule is Br.C#[C][Mg][C]#C. The zero-order valence-electron chi connectivity index (χ0n) is 3.27. The lowest BCUT2D eigenvalue weighted by molar-refractivity contribution is 2.87. The van der Waals surface area contributed by atoms with Crippen LogP contribution in [0.2, 0.25) is 0 Å². The molecule has 0 amide bonds. The Labute approximate surface area is 58.2 Å². The van der Waals surface area contributed by atoms with Gasteiger partial charge in [-0.05, 0) is 0 Å². The quantitative estimate of drug-likeness (QED) is 0.352. The van der Waals surface area contributed by atoms with Crippen LogP contribution in [0, 0.1) is 20.9 Å². The molecular formula is C4H3BrMg. The van der Waals surface area contributed by atoms with Crippen LogP contribution in [-0.2, 0) is 0 Å². The van der Waals surface area contributed by atoms with Crippen LogP contribution in [0.1, 0.15) is 0 Å². The maximum atomic E-state index is 4.81. The average molecular weight is 155 g/mol. The first kappa shape index (κ1) is 9.62. The zero-order chi connectivity index (χ0) is 4.12. The largest absolute Gasteiger partial charge is 0.577 e. The van der Waals surface area contributed by atoms with Crippen molar-refractivity contribution < 1.29 is 0 Å². The van der Waals surface area contributed by atoms with Gasteiger partial charge < -0.3 is 0 Å². The van der Waals surface area contributed by atoms with Gasteiger partial charge >= 0.3 is 20.4 Å². The van der Waals surface area contributed by atoms with E-state index >= 15 is 0 Å². The number of terminal acetylenes is 2. The second-order valence-electron chi connectivity index (χ2n) is 0.585. The third-order valence-corrected chi connectivity index (χ3v) is 0.612. The van der Waals surface area contributed by atoms with Crippen LogP contribution in [0.25, 0.3) is 0 Å². The van der Waals surface area contributed by atoms with Crippen molar-refractivity contribution in [2.75, 3.05) is 0 Å². The molecule has 0 aromatic carbocycles. The van der Waals surface area contributed by atoms with Gasteiger partial charge in [-0.15, -0.1) is 17.0 Å². The van der Waals surface area contributed by atoms with Crippen molar-refractivity contribution in [3.05, 3.63) is 0 Å². The predicted octanol–water partition coefficient (Wildman–Crippen LogP) is 0.450. The molecule has 28 valence electrons. The van der Waals surface area contributed by atoms with E-state index in [0.29, 0.717) is 0 Å². The first-order valence-corrected chi connectivity index (χ1v) is 2.70. The van der Waals surface area contributed by atoms with Crippen LogP contribution in [0.3, 0.4) is 0 Å². The Morgan fingerprint density at radius 3 is 1.50 bits per heavy atom. The average Bonchev–Trinajstić information content (AvgIpc) is 1.41. The smallest absolute Gasteiger partial charge is 0.253 e. The van der Waals surface area contributed by atoms with E-state index in [0.717, 1.165) is 0 Å². The lowest BCUT2D eigenvalue weighted by Gasteiger charge is -1.48. The van der Waals surface area contributed by atoms with Gasteiger partial charge in [0.05, 0.1) is 0 Å². The summed E-state index contributed by atoms with van der Waals surface area (Å²) < 4.78 is 4.84.